The molecule has 24 heavy (non-hydrogen) atoms. The molecule has 0 unspecified atom stereocenters. The van der Waals surface area contributed by atoms with Crippen molar-refractivity contribution in [3.05, 3.63) is 35.4 Å². The first-order valence-corrected chi connectivity index (χ1v) is 9.02. The van der Waals surface area contributed by atoms with Gasteiger partial charge in [0.15, 0.2) is 0 Å². The van der Waals surface area contributed by atoms with E-state index in [0.29, 0.717) is 5.92 Å². The second-order valence-electron chi connectivity index (χ2n) is 8.30. The van der Waals surface area contributed by atoms with Gasteiger partial charge in [-0.05, 0) is 58.4 Å². The molecule has 4 atom stereocenters. The Morgan fingerprint density at radius 3 is 2.54 bits per heavy atom. The maximum absolute atomic E-state index is 12.8. The van der Waals surface area contributed by atoms with Crippen LogP contribution in [0.1, 0.15) is 63.7 Å². The summed E-state index contributed by atoms with van der Waals surface area (Å²) >= 11 is 0. The second kappa shape index (κ2) is 6.40. The highest BCUT2D eigenvalue weighted by atomic mass is 16.6. The van der Waals surface area contributed by atoms with Crippen LogP contribution in [0, 0.1) is 12.8 Å². The van der Waals surface area contributed by atoms with Crippen molar-refractivity contribution in [2.24, 2.45) is 5.92 Å². The van der Waals surface area contributed by atoms with E-state index in [1.165, 1.54) is 5.56 Å². The van der Waals surface area contributed by atoms with Crippen LogP contribution in [0.15, 0.2) is 24.3 Å². The summed E-state index contributed by atoms with van der Waals surface area (Å²) in [7, 11) is 0. The number of aliphatic hydroxyl groups is 1. The zero-order valence-corrected chi connectivity index (χ0v) is 15.2. The molecule has 1 saturated carbocycles. The Morgan fingerprint density at radius 1 is 1.25 bits per heavy atom. The molecule has 4 heteroatoms. The minimum Gasteiger partial charge on any atom is -0.444 e. The van der Waals surface area contributed by atoms with Crippen molar-refractivity contribution in [1.29, 1.82) is 0 Å². The third-order valence-corrected chi connectivity index (χ3v) is 5.27. The molecule has 1 saturated heterocycles. The van der Waals surface area contributed by atoms with Gasteiger partial charge in [0, 0.05) is 6.04 Å². The third kappa shape index (κ3) is 3.44. The molecule has 1 N–H and O–H groups in total. The monoisotopic (exact) mass is 331 g/mol. The van der Waals surface area contributed by atoms with Crippen LogP contribution >= 0.6 is 0 Å². The second-order valence-corrected chi connectivity index (χ2v) is 8.30. The summed E-state index contributed by atoms with van der Waals surface area (Å²) < 4.78 is 5.64. The van der Waals surface area contributed by atoms with Crippen LogP contribution in [0.25, 0.3) is 0 Å². The zero-order chi connectivity index (χ0) is 17.5. The molecule has 2 fully saturated rings. The molecule has 1 aromatic carbocycles. The molecule has 3 rings (SSSR count). The number of carbonyl (C=O) groups is 1. The highest BCUT2D eigenvalue weighted by molar-refractivity contribution is 5.70. The molecule has 1 heterocycles. The maximum atomic E-state index is 12.8. The first-order valence-electron chi connectivity index (χ1n) is 9.02. The summed E-state index contributed by atoms with van der Waals surface area (Å²) in [5.41, 5.74) is 1.52. The first kappa shape index (κ1) is 17.3. The van der Waals surface area contributed by atoms with Crippen LogP contribution in [0.5, 0.6) is 0 Å². The first-order chi connectivity index (χ1) is 11.3. The number of rotatable bonds is 2. The van der Waals surface area contributed by atoms with E-state index in [9.17, 15) is 9.90 Å². The molecule has 2 aliphatic rings. The SMILES string of the molecule is Cc1ccc([C@@H](O)[C@H]2C[C@H]3CCC[C@H]3N2C(=O)OC(C)(C)C)cc1. The number of fused-ring (bicyclic) bond motifs is 1. The highest BCUT2D eigenvalue weighted by Crippen LogP contribution is 2.45. The molecule has 0 bridgehead atoms. The van der Waals surface area contributed by atoms with Gasteiger partial charge in [0.2, 0.25) is 0 Å². The summed E-state index contributed by atoms with van der Waals surface area (Å²) in [5, 5.41) is 10.9. The smallest absolute Gasteiger partial charge is 0.410 e. The van der Waals surface area contributed by atoms with Crippen LogP contribution in [0.2, 0.25) is 0 Å². The molecule has 1 aliphatic heterocycles. The van der Waals surface area contributed by atoms with E-state index in [-0.39, 0.29) is 18.2 Å². The van der Waals surface area contributed by atoms with Crippen molar-refractivity contribution < 1.29 is 14.6 Å². The van der Waals surface area contributed by atoms with Crippen LogP contribution in [-0.2, 0) is 4.74 Å². The van der Waals surface area contributed by atoms with E-state index in [1.54, 1.807) is 0 Å². The number of nitrogens with zero attached hydrogens (tertiary/aromatic N) is 1. The fourth-order valence-electron chi connectivity index (χ4n) is 4.18. The fourth-order valence-corrected chi connectivity index (χ4v) is 4.18. The van der Waals surface area contributed by atoms with Gasteiger partial charge in [0.05, 0.1) is 12.1 Å². The predicted molar refractivity (Wildman–Crippen MR) is 93.7 cm³/mol. The lowest BCUT2D eigenvalue weighted by molar-refractivity contribution is -0.00501. The topological polar surface area (TPSA) is 49.8 Å². The van der Waals surface area contributed by atoms with Gasteiger partial charge in [-0.25, -0.2) is 4.79 Å². The Labute approximate surface area is 144 Å². The third-order valence-electron chi connectivity index (χ3n) is 5.27. The van der Waals surface area contributed by atoms with Gasteiger partial charge >= 0.3 is 6.09 Å². The minimum atomic E-state index is -0.663. The van der Waals surface area contributed by atoms with Gasteiger partial charge in [-0.15, -0.1) is 0 Å². The van der Waals surface area contributed by atoms with Crippen molar-refractivity contribution in [1.82, 2.24) is 4.90 Å². The number of aliphatic hydroxyl groups excluding tert-OH is 1. The van der Waals surface area contributed by atoms with E-state index in [1.807, 2.05) is 56.9 Å². The number of hydrogen-bond donors (Lipinski definition) is 1. The highest BCUT2D eigenvalue weighted by Gasteiger charge is 2.49. The molecular formula is C20H29NO3. The Bertz CT molecular complexity index is 590. The fraction of sp³-hybridized carbons (Fsp3) is 0.650. The summed E-state index contributed by atoms with van der Waals surface area (Å²) in [6.45, 7) is 7.69. The van der Waals surface area contributed by atoms with Gasteiger partial charge in [0.25, 0.3) is 0 Å². The van der Waals surface area contributed by atoms with Gasteiger partial charge in [-0.2, -0.15) is 0 Å². The van der Waals surface area contributed by atoms with Crippen molar-refractivity contribution in [2.45, 2.75) is 77.2 Å². The number of amides is 1. The number of likely N-dealkylation sites (tertiary alicyclic amines) is 1. The number of ether oxygens (including phenoxy) is 1. The van der Waals surface area contributed by atoms with E-state index >= 15 is 0 Å². The lowest BCUT2D eigenvalue weighted by atomic mass is 9.95. The van der Waals surface area contributed by atoms with Crippen LogP contribution in [0.4, 0.5) is 4.79 Å². The van der Waals surface area contributed by atoms with Gasteiger partial charge in [-0.3, -0.25) is 4.90 Å². The molecule has 1 amide bonds. The van der Waals surface area contributed by atoms with E-state index < -0.39 is 11.7 Å². The summed E-state index contributed by atoms with van der Waals surface area (Å²) in [4.78, 5) is 14.6. The summed E-state index contributed by atoms with van der Waals surface area (Å²) in [5.74, 6) is 0.489. The van der Waals surface area contributed by atoms with Crippen LogP contribution in [-0.4, -0.2) is 33.8 Å². The molecule has 1 aromatic rings. The van der Waals surface area contributed by atoms with Gasteiger partial charge in [-0.1, -0.05) is 36.2 Å². The molecule has 1 aliphatic carbocycles. The zero-order valence-electron chi connectivity index (χ0n) is 15.2. The molecule has 0 spiro atoms. The van der Waals surface area contributed by atoms with Gasteiger partial charge < -0.3 is 9.84 Å². The quantitative estimate of drug-likeness (QED) is 0.883. The summed E-state index contributed by atoms with van der Waals surface area (Å²) in [6, 6.07) is 7.95. The number of benzene rings is 1. The van der Waals surface area contributed by atoms with Crippen LogP contribution in [0.3, 0.4) is 0 Å². The largest absolute Gasteiger partial charge is 0.444 e. The van der Waals surface area contributed by atoms with Crippen molar-refractivity contribution in [3.63, 3.8) is 0 Å². The number of carbonyl (C=O) groups excluding carboxylic acids is 1. The van der Waals surface area contributed by atoms with Crippen molar-refractivity contribution >= 4 is 6.09 Å². The Kier molecular flexibility index (Phi) is 4.60. The van der Waals surface area contributed by atoms with E-state index in [4.69, 9.17) is 4.74 Å². The van der Waals surface area contributed by atoms with Crippen LogP contribution < -0.4 is 0 Å². The van der Waals surface area contributed by atoms with E-state index in [2.05, 4.69) is 0 Å². The molecule has 132 valence electrons. The lowest BCUT2D eigenvalue weighted by Gasteiger charge is -2.34. The average Bonchev–Trinajstić information content (AvgIpc) is 3.05. The Hall–Kier alpha value is -1.55. The Balaban J connectivity index is 1.84. The van der Waals surface area contributed by atoms with Gasteiger partial charge in [0.1, 0.15) is 5.60 Å². The molecular weight excluding hydrogens is 302 g/mol. The molecule has 0 aromatic heterocycles. The molecule has 0 radical (unpaired) electrons. The number of hydrogen-bond acceptors (Lipinski definition) is 3. The Morgan fingerprint density at radius 2 is 1.92 bits per heavy atom. The standard InChI is InChI=1S/C20H29NO3/c1-13-8-10-14(11-9-13)18(22)17-12-15-6-5-7-16(15)21(17)19(23)24-20(2,3)4/h8-11,15-18,22H,5-7,12H2,1-4H3/t15-,16-,17-,18-/m1/s1. The predicted octanol–water partition coefficient (Wildman–Crippen LogP) is 4.21. The minimum absolute atomic E-state index is 0.196. The number of aryl methyl sites for hydroxylation is 1. The average molecular weight is 331 g/mol. The molecule has 4 nitrogen and oxygen atoms in total. The van der Waals surface area contributed by atoms with Crippen molar-refractivity contribution in [3.8, 4) is 0 Å². The van der Waals surface area contributed by atoms with Crippen molar-refractivity contribution in [2.75, 3.05) is 0 Å². The normalized spacial score (nSPS) is 27.9. The maximum Gasteiger partial charge on any atom is 0.410 e. The lowest BCUT2D eigenvalue weighted by Crippen LogP contribution is -2.46. The van der Waals surface area contributed by atoms with E-state index in [0.717, 1.165) is 31.2 Å². The summed E-state index contributed by atoms with van der Waals surface area (Å²) in [6.07, 6.45) is 3.22.